The van der Waals surface area contributed by atoms with Crippen LogP contribution in [0.15, 0.2) is 30.3 Å². The summed E-state index contributed by atoms with van der Waals surface area (Å²) in [7, 11) is 0. The molecular weight excluding hydrogens is 224 g/mol. The van der Waals surface area contributed by atoms with Gasteiger partial charge in [-0.25, -0.2) is 0 Å². The van der Waals surface area contributed by atoms with Gasteiger partial charge in [0.15, 0.2) is 0 Å². The molecule has 0 atom stereocenters. The number of benzene rings is 1. The van der Waals surface area contributed by atoms with Crippen LogP contribution >= 0.6 is 11.6 Å². The zero-order valence-corrected chi connectivity index (χ0v) is 9.78. The van der Waals surface area contributed by atoms with Gasteiger partial charge in [0.2, 0.25) is 0 Å². The third-order valence-electron chi connectivity index (χ3n) is 2.49. The molecule has 0 bridgehead atoms. The summed E-state index contributed by atoms with van der Waals surface area (Å²) in [6.45, 7) is 2.57. The van der Waals surface area contributed by atoms with E-state index in [1.54, 1.807) is 4.68 Å². The molecule has 16 heavy (non-hydrogen) atoms. The second kappa shape index (κ2) is 4.68. The molecule has 3 nitrogen and oxygen atoms in total. The molecule has 4 heteroatoms. The van der Waals surface area contributed by atoms with Crippen LogP contribution in [0.3, 0.4) is 0 Å². The van der Waals surface area contributed by atoms with Crippen LogP contribution in [-0.4, -0.2) is 14.9 Å². The fourth-order valence-electron chi connectivity index (χ4n) is 1.66. The van der Waals surface area contributed by atoms with E-state index in [-0.39, 0.29) is 6.61 Å². The van der Waals surface area contributed by atoms with E-state index in [0.29, 0.717) is 17.3 Å². The van der Waals surface area contributed by atoms with Crippen molar-refractivity contribution >= 4 is 11.6 Å². The van der Waals surface area contributed by atoms with Crippen molar-refractivity contribution in [2.24, 2.45) is 0 Å². The van der Waals surface area contributed by atoms with Gasteiger partial charge in [-0.2, -0.15) is 5.10 Å². The molecular formula is C12H13ClN2O. The molecule has 0 saturated heterocycles. The lowest BCUT2D eigenvalue weighted by Gasteiger charge is -1.98. The molecule has 0 fully saturated rings. The quantitative estimate of drug-likeness (QED) is 0.890. The van der Waals surface area contributed by atoms with Crippen molar-refractivity contribution in [3.63, 3.8) is 0 Å². The number of hydrogen-bond donors (Lipinski definition) is 1. The molecule has 0 radical (unpaired) electrons. The molecule has 0 aliphatic rings. The van der Waals surface area contributed by atoms with Crippen molar-refractivity contribution in [2.45, 2.75) is 20.1 Å². The Kier molecular flexibility index (Phi) is 3.27. The summed E-state index contributed by atoms with van der Waals surface area (Å²) in [6, 6.07) is 9.74. The summed E-state index contributed by atoms with van der Waals surface area (Å²) in [4.78, 5) is 0. The van der Waals surface area contributed by atoms with E-state index in [9.17, 15) is 5.11 Å². The van der Waals surface area contributed by atoms with E-state index < -0.39 is 0 Å². The van der Waals surface area contributed by atoms with Crippen LogP contribution in [0.5, 0.6) is 0 Å². The fraction of sp³-hybridized carbons (Fsp3) is 0.250. The highest BCUT2D eigenvalue weighted by Gasteiger charge is 2.15. The van der Waals surface area contributed by atoms with Crippen molar-refractivity contribution in [3.05, 3.63) is 41.0 Å². The van der Waals surface area contributed by atoms with Crippen molar-refractivity contribution in [1.82, 2.24) is 9.78 Å². The van der Waals surface area contributed by atoms with E-state index >= 15 is 0 Å². The minimum absolute atomic E-state index is 0.0942. The molecule has 0 aliphatic carbocycles. The molecule has 1 aromatic heterocycles. The summed E-state index contributed by atoms with van der Waals surface area (Å²) in [5.41, 5.74) is 2.42. The van der Waals surface area contributed by atoms with Gasteiger partial charge in [-0.15, -0.1) is 0 Å². The number of aryl methyl sites for hydroxylation is 1. The average molecular weight is 237 g/mol. The Balaban J connectivity index is 2.57. The van der Waals surface area contributed by atoms with Gasteiger partial charge in [-0.3, -0.25) is 4.68 Å². The lowest BCUT2D eigenvalue weighted by Crippen LogP contribution is -1.96. The third-order valence-corrected chi connectivity index (χ3v) is 2.91. The SMILES string of the molecule is CCn1nc(-c2ccccc2)c(CO)c1Cl. The number of halogens is 1. The van der Waals surface area contributed by atoms with Gasteiger partial charge in [0.05, 0.1) is 12.3 Å². The number of aliphatic hydroxyl groups excluding tert-OH is 1. The van der Waals surface area contributed by atoms with Gasteiger partial charge < -0.3 is 5.11 Å². The van der Waals surface area contributed by atoms with Gasteiger partial charge in [0, 0.05) is 17.7 Å². The Labute approximate surface area is 99.3 Å². The first kappa shape index (κ1) is 11.2. The van der Waals surface area contributed by atoms with E-state index in [2.05, 4.69) is 5.10 Å². The summed E-state index contributed by atoms with van der Waals surface area (Å²) in [5, 5.41) is 14.2. The zero-order chi connectivity index (χ0) is 11.5. The van der Waals surface area contributed by atoms with E-state index in [0.717, 1.165) is 11.3 Å². The average Bonchev–Trinajstić information content (AvgIpc) is 2.66. The highest BCUT2D eigenvalue weighted by atomic mass is 35.5. The van der Waals surface area contributed by atoms with Crippen LogP contribution in [0.1, 0.15) is 12.5 Å². The van der Waals surface area contributed by atoms with E-state index in [1.807, 2.05) is 37.3 Å². The molecule has 1 heterocycles. The molecule has 0 saturated carbocycles. The predicted molar refractivity (Wildman–Crippen MR) is 64.3 cm³/mol. The monoisotopic (exact) mass is 236 g/mol. The Morgan fingerprint density at radius 2 is 2.00 bits per heavy atom. The number of rotatable bonds is 3. The highest BCUT2D eigenvalue weighted by Crippen LogP contribution is 2.28. The molecule has 0 aliphatic heterocycles. The lowest BCUT2D eigenvalue weighted by molar-refractivity contribution is 0.282. The number of nitrogens with zero attached hydrogens (tertiary/aromatic N) is 2. The van der Waals surface area contributed by atoms with Gasteiger partial charge in [-0.05, 0) is 6.92 Å². The molecule has 0 unspecified atom stereocenters. The van der Waals surface area contributed by atoms with Gasteiger partial charge in [0.1, 0.15) is 5.15 Å². The van der Waals surface area contributed by atoms with Crippen LogP contribution in [0.4, 0.5) is 0 Å². The summed E-state index contributed by atoms with van der Waals surface area (Å²) >= 11 is 6.12. The van der Waals surface area contributed by atoms with Crippen LogP contribution in [0.25, 0.3) is 11.3 Å². The topological polar surface area (TPSA) is 38.0 Å². The third kappa shape index (κ3) is 1.84. The Hall–Kier alpha value is -1.32. The minimum atomic E-state index is -0.0942. The van der Waals surface area contributed by atoms with Crippen LogP contribution < -0.4 is 0 Å². The smallest absolute Gasteiger partial charge is 0.133 e. The molecule has 2 rings (SSSR count). The van der Waals surface area contributed by atoms with Gasteiger partial charge in [0.25, 0.3) is 0 Å². The fourth-order valence-corrected chi connectivity index (χ4v) is 1.96. The molecule has 0 spiro atoms. The molecule has 84 valence electrons. The zero-order valence-electron chi connectivity index (χ0n) is 9.02. The van der Waals surface area contributed by atoms with Crippen molar-refractivity contribution < 1.29 is 5.11 Å². The molecule has 1 N–H and O–H groups in total. The standard InChI is InChI=1S/C12H13ClN2O/c1-2-15-12(13)10(8-16)11(14-15)9-6-4-3-5-7-9/h3-7,16H,2,8H2,1H3. The Morgan fingerprint density at radius 3 is 2.56 bits per heavy atom. The first-order valence-corrected chi connectivity index (χ1v) is 5.57. The van der Waals surface area contributed by atoms with Crippen molar-refractivity contribution in [3.8, 4) is 11.3 Å². The second-order valence-corrected chi connectivity index (χ2v) is 3.82. The largest absolute Gasteiger partial charge is 0.391 e. The highest BCUT2D eigenvalue weighted by molar-refractivity contribution is 6.30. The van der Waals surface area contributed by atoms with Crippen molar-refractivity contribution in [2.75, 3.05) is 0 Å². The van der Waals surface area contributed by atoms with Gasteiger partial charge in [-0.1, -0.05) is 41.9 Å². The first-order valence-electron chi connectivity index (χ1n) is 5.19. The van der Waals surface area contributed by atoms with Crippen LogP contribution in [-0.2, 0) is 13.2 Å². The van der Waals surface area contributed by atoms with E-state index in [4.69, 9.17) is 11.6 Å². The maximum absolute atomic E-state index is 9.33. The Bertz CT molecular complexity index is 479. The van der Waals surface area contributed by atoms with Crippen LogP contribution in [0.2, 0.25) is 5.15 Å². The second-order valence-electron chi connectivity index (χ2n) is 3.46. The van der Waals surface area contributed by atoms with E-state index in [1.165, 1.54) is 0 Å². The first-order chi connectivity index (χ1) is 7.77. The maximum atomic E-state index is 9.33. The van der Waals surface area contributed by atoms with Crippen LogP contribution in [0, 0.1) is 0 Å². The summed E-state index contributed by atoms with van der Waals surface area (Å²) in [6.07, 6.45) is 0. The maximum Gasteiger partial charge on any atom is 0.133 e. The summed E-state index contributed by atoms with van der Waals surface area (Å²) < 4.78 is 1.69. The number of aliphatic hydroxyl groups is 1. The number of aromatic nitrogens is 2. The Morgan fingerprint density at radius 1 is 1.31 bits per heavy atom. The molecule has 0 amide bonds. The normalized spacial score (nSPS) is 10.7. The lowest BCUT2D eigenvalue weighted by atomic mass is 10.1. The predicted octanol–water partition coefficient (Wildman–Crippen LogP) is 2.72. The summed E-state index contributed by atoms with van der Waals surface area (Å²) in [5.74, 6) is 0. The molecule has 2 aromatic rings. The minimum Gasteiger partial charge on any atom is -0.391 e. The van der Waals surface area contributed by atoms with Crippen molar-refractivity contribution in [1.29, 1.82) is 0 Å². The number of hydrogen-bond acceptors (Lipinski definition) is 2. The van der Waals surface area contributed by atoms with Gasteiger partial charge >= 0.3 is 0 Å². The molecule has 1 aromatic carbocycles.